The second-order valence-electron chi connectivity index (χ2n) is 7.00. The van der Waals surface area contributed by atoms with Crippen LogP contribution in [-0.4, -0.2) is 20.3 Å². The van der Waals surface area contributed by atoms with Gasteiger partial charge in [-0.15, -0.1) is 0 Å². The number of unbranched alkanes of at least 4 members (excludes halogenated alkanes) is 2. The second-order valence-corrected chi connectivity index (χ2v) is 8.08. The maximum atomic E-state index is 13.1. The van der Waals surface area contributed by atoms with E-state index < -0.39 is 0 Å². The van der Waals surface area contributed by atoms with Crippen LogP contribution < -0.4 is 19.6 Å². The van der Waals surface area contributed by atoms with Crippen LogP contribution in [0.1, 0.15) is 39.5 Å². The van der Waals surface area contributed by atoms with Crippen molar-refractivity contribution in [1.82, 2.24) is 0 Å². The minimum Gasteiger partial charge on any atom is -0.497 e. The number of methoxy groups -OCH3 is 1. The fourth-order valence-corrected chi connectivity index (χ4v) is 3.71. The molecule has 0 saturated heterocycles. The van der Waals surface area contributed by atoms with Gasteiger partial charge in [-0.2, -0.15) is 0 Å². The van der Waals surface area contributed by atoms with E-state index in [9.17, 15) is 4.79 Å². The zero-order chi connectivity index (χ0) is 21.5. The normalized spacial score (nSPS) is 10.9. The summed E-state index contributed by atoms with van der Waals surface area (Å²) in [5.41, 5.74) is 1.16. The first-order valence-electron chi connectivity index (χ1n) is 10.3. The van der Waals surface area contributed by atoms with Crippen LogP contribution in [0.2, 0.25) is 0 Å². The Hall–Kier alpha value is -2.22. The Morgan fingerprint density at radius 2 is 1.57 bits per heavy atom. The summed E-state index contributed by atoms with van der Waals surface area (Å²) >= 11 is 2.18. The van der Waals surface area contributed by atoms with Gasteiger partial charge in [-0.25, -0.2) is 0 Å². The summed E-state index contributed by atoms with van der Waals surface area (Å²) in [6.45, 7) is 5.37. The first kappa shape index (κ1) is 22.5. The van der Waals surface area contributed by atoms with Gasteiger partial charge in [-0.3, -0.25) is 4.79 Å². The molecule has 0 unspecified atom stereocenters. The molecule has 0 amide bonds. The highest BCUT2D eigenvalue weighted by Crippen LogP contribution is 2.37. The van der Waals surface area contributed by atoms with Crippen molar-refractivity contribution in [2.45, 2.75) is 39.5 Å². The first-order valence-corrected chi connectivity index (χ1v) is 11.4. The van der Waals surface area contributed by atoms with Crippen molar-refractivity contribution in [3.8, 4) is 28.6 Å². The van der Waals surface area contributed by atoms with E-state index in [1.54, 1.807) is 7.11 Å². The smallest absolute Gasteiger partial charge is 0.197 e. The maximum absolute atomic E-state index is 13.1. The molecule has 0 saturated carbocycles. The molecule has 0 radical (unpaired) electrons. The largest absolute Gasteiger partial charge is 0.497 e. The zero-order valence-corrected chi connectivity index (χ0v) is 19.8. The minimum absolute atomic E-state index is 0.133. The molecule has 2 aromatic carbocycles. The molecular weight excluding hydrogens is 495 g/mol. The van der Waals surface area contributed by atoms with E-state index in [4.69, 9.17) is 18.6 Å². The van der Waals surface area contributed by atoms with Crippen molar-refractivity contribution in [3.63, 3.8) is 0 Å². The van der Waals surface area contributed by atoms with Crippen LogP contribution in [0.4, 0.5) is 0 Å². The van der Waals surface area contributed by atoms with Gasteiger partial charge in [-0.05, 0) is 59.7 Å². The minimum atomic E-state index is -0.133. The molecule has 0 bridgehead atoms. The number of fused-ring (bicyclic) bond motifs is 1. The Kier molecular flexibility index (Phi) is 8.01. The third kappa shape index (κ3) is 5.09. The lowest BCUT2D eigenvalue weighted by atomic mass is 10.1. The van der Waals surface area contributed by atoms with Gasteiger partial charge in [0.05, 0.1) is 23.9 Å². The van der Waals surface area contributed by atoms with Crippen LogP contribution in [-0.2, 0) is 0 Å². The summed E-state index contributed by atoms with van der Waals surface area (Å²) in [5.74, 6) is 2.44. The highest BCUT2D eigenvalue weighted by atomic mass is 127. The summed E-state index contributed by atoms with van der Waals surface area (Å²) in [5, 5.41) is 0.454. The fraction of sp³-hybridized carbons (Fsp3) is 0.375. The zero-order valence-electron chi connectivity index (χ0n) is 17.6. The van der Waals surface area contributed by atoms with Gasteiger partial charge in [0.15, 0.2) is 11.0 Å². The number of rotatable bonds is 10. The number of hydrogen-bond donors (Lipinski definition) is 0. The lowest BCUT2D eigenvalue weighted by Crippen LogP contribution is -2.08. The molecule has 160 valence electrons. The fourth-order valence-electron chi connectivity index (χ4n) is 3.02. The monoisotopic (exact) mass is 522 g/mol. The molecule has 6 heteroatoms. The average molecular weight is 522 g/mol. The molecule has 0 N–H and O–H groups in total. The van der Waals surface area contributed by atoms with E-state index in [0.717, 1.165) is 40.6 Å². The molecule has 30 heavy (non-hydrogen) atoms. The molecule has 0 spiro atoms. The highest BCUT2D eigenvalue weighted by molar-refractivity contribution is 14.1. The molecule has 0 atom stereocenters. The number of benzene rings is 2. The van der Waals surface area contributed by atoms with Crippen LogP contribution in [0.15, 0.2) is 45.6 Å². The SMILES string of the molecule is CCCCOc1cc(OCCCC)c2c(=O)cc(-c3ccc(OC)cc3)oc2c1I. The summed E-state index contributed by atoms with van der Waals surface area (Å²) in [6.07, 6.45) is 3.92. The van der Waals surface area contributed by atoms with Gasteiger partial charge in [0.1, 0.15) is 28.4 Å². The average Bonchev–Trinajstić information content (AvgIpc) is 2.76. The summed E-state index contributed by atoms with van der Waals surface area (Å²) in [7, 11) is 1.62. The topological polar surface area (TPSA) is 57.9 Å². The predicted molar refractivity (Wildman–Crippen MR) is 128 cm³/mol. The van der Waals surface area contributed by atoms with E-state index in [1.807, 2.05) is 30.3 Å². The Morgan fingerprint density at radius 3 is 2.17 bits per heavy atom. The Balaban J connectivity index is 2.12. The lowest BCUT2D eigenvalue weighted by Gasteiger charge is -2.15. The number of hydrogen-bond acceptors (Lipinski definition) is 5. The van der Waals surface area contributed by atoms with E-state index in [-0.39, 0.29) is 5.43 Å². The molecule has 0 aliphatic rings. The van der Waals surface area contributed by atoms with Crippen molar-refractivity contribution in [2.24, 2.45) is 0 Å². The third-order valence-corrected chi connectivity index (χ3v) is 5.78. The van der Waals surface area contributed by atoms with Gasteiger partial charge in [0.2, 0.25) is 0 Å². The van der Waals surface area contributed by atoms with Crippen LogP contribution in [0, 0.1) is 3.57 Å². The van der Waals surface area contributed by atoms with E-state index in [2.05, 4.69) is 36.4 Å². The lowest BCUT2D eigenvalue weighted by molar-refractivity contribution is 0.294. The van der Waals surface area contributed by atoms with Crippen molar-refractivity contribution in [2.75, 3.05) is 20.3 Å². The summed E-state index contributed by atoms with van der Waals surface area (Å²) in [4.78, 5) is 13.1. The summed E-state index contributed by atoms with van der Waals surface area (Å²) < 4.78 is 24.1. The summed E-state index contributed by atoms with van der Waals surface area (Å²) in [6, 6.07) is 10.8. The first-order chi connectivity index (χ1) is 14.6. The second kappa shape index (κ2) is 10.7. The molecule has 1 aromatic heterocycles. The van der Waals surface area contributed by atoms with Crippen molar-refractivity contribution < 1.29 is 18.6 Å². The Labute approximate surface area is 190 Å². The molecular formula is C24H27IO5. The van der Waals surface area contributed by atoms with Crippen LogP contribution in [0.5, 0.6) is 17.2 Å². The number of ether oxygens (including phenoxy) is 3. The van der Waals surface area contributed by atoms with E-state index in [1.165, 1.54) is 6.07 Å². The van der Waals surface area contributed by atoms with E-state index in [0.29, 0.717) is 41.4 Å². The highest BCUT2D eigenvalue weighted by Gasteiger charge is 2.19. The Bertz CT molecular complexity index is 1040. The molecule has 0 aliphatic carbocycles. The standard InChI is InChI=1S/C24H27IO5/c1-4-6-12-28-20-15-21(29-13-7-5-2)23(25)24-22(20)18(26)14-19(30-24)16-8-10-17(27-3)11-9-16/h8-11,14-15H,4-7,12-13H2,1-3H3. The van der Waals surface area contributed by atoms with Crippen LogP contribution >= 0.6 is 22.6 Å². The maximum Gasteiger partial charge on any atom is 0.197 e. The van der Waals surface area contributed by atoms with Gasteiger partial charge in [0.25, 0.3) is 0 Å². The molecule has 0 aliphatic heterocycles. The third-order valence-electron chi connectivity index (χ3n) is 4.76. The molecule has 3 aromatic rings. The number of halogens is 1. The molecule has 0 fully saturated rings. The van der Waals surface area contributed by atoms with Crippen LogP contribution in [0.25, 0.3) is 22.3 Å². The van der Waals surface area contributed by atoms with Gasteiger partial charge in [-0.1, -0.05) is 26.7 Å². The molecule has 1 heterocycles. The quantitative estimate of drug-likeness (QED) is 0.227. The Morgan fingerprint density at radius 1 is 0.933 bits per heavy atom. The van der Waals surface area contributed by atoms with Crippen molar-refractivity contribution >= 4 is 33.6 Å². The van der Waals surface area contributed by atoms with Gasteiger partial charge < -0.3 is 18.6 Å². The predicted octanol–water partition coefficient (Wildman–Crippen LogP) is 6.43. The van der Waals surface area contributed by atoms with Crippen molar-refractivity contribution in [1.29, 1.82) is 0 Å². The molecule has 5 nitrogen and oxygen atoms in total. The van der Waals surface area contributed by atoms with E-state index >= 15 is 0 Å². The van der Waals surface area contributed by atoms with Gasteiger partial charge >= 0.3 is 0 Å². The molecule has 3 rings (SSSR count). The van der Waals surface area contributed by atoms with Crippen LogP contribution in [0.3, 0.4) is 0 Å². The van der Waals surface area contributed by atoms with Crippen molar-refractivity contribution in [3.05, 3.63) is 50.2 Å². The van der Waals surface area contributed by atoms with Gasteiger partial charge in [0, 0.05) is 17.7 Å².